The number of hydrogen-bond acceptors (Lipinski definition) is 7. The summed E-state index contributed by atoms with van der Waals surface area (Å²) in [4.78, 5) is 26.1. The fourth-order valence-electron chi connectivity index (χ4n) is 2.27. The van der Waals surface area contributed by atoms with Gasteiger partial charge >= 0.3 is 5.97 Å². The van der Waals surface area contributed by atoms with Gasteiger partial charge < -0.3 is 19.7 Å². The van der Waals surface area contributed by atoms with Crippen LogP contribution in [-0.4, -0.2) is 50.2 Å². The summed E-state index contributed by atoms with van der Waals surface area (Å²) in [6.45, 7) is 1.95. The maximum atomic E-state index is 12.6. The first kappa shape index (κ1) is 18.0. The molecule has 1 saturated heterocycles. The molecule has 0 aliphatic carbocycles. The highest BCUT2D eigenvalue weighted by molar-refractivity contribution is 6.00. The quantitative estimate of drug-likeness (QED) is 0.648. The molecule has 1 aromatic rings. The van der Waals surface area contributed by atoms with E-state index in [4.69, 9.17) is 20.0 Å². The van der Waals surface area contributed by atoms with Crippen LogP contribution in [-0.2, 0) is 9.47 Å². The van der Waals surface area contributed by atoms with Gasteiger partial charge in [0.2, 0.25) is 0 Å². The highest BCUT2D eigenvalue weighted by Gasteiger charge is 2.21. The molecule has 0 aromatic heterocycles. The predicted molar refractivity (Wildman–Crippen MR) is 87.4 cm³/mol. The smallest absolute Gasteiger partial charge is 0.339 e. The van der Waals surface area contributed by atoms with Crippen molar-refractivity contribution in [1.82, 2.24) is 4.90 Å². The third-order valence-electron chi connectivity index (χ3n) is 3.58. The topological polar surface area (TPSA) is 115 Å². The zero-order valence-electron chi connectivity index (χ0n) is 13.6. The van der Waals surface area contributed by atoms with E-state index in [1.54, 1.807) is 17.0 Å². The van der Waals surface area contributed by atoms with Gasteiger partial charge in [0.05, 0.1) is 31.6 Å². The molecule has 1 heterocycles. The number of carbonyl (C=O) groups is 2. The Morgan fingerprint density at radius 3 is 2.56 bits per heavy atom. The van der Waals surface area contributed by atoms with Crippen LogP contribution in [0.25, 0.3) is 0 Å². The Morgan fingerprint density at radius 2 is 1.96 bits per heavy atom. The van der Waals surface area contributed by atoms with Crippen molar-refractivity contribution >= 4 is 17.6 Å². The fourth-order valence-corrected chi connectivity index (χ4v) is 2.27. The van der Waals surface area contributed by atoms with Gasteiger partial charge in [0.1, 0.15) is 17.7 Å². The number of rotatable bonds is 4. The van der Waals surface area contributed by atoms with Gasteiger partial charge in [0.15, 0.2) is 0 Å². The van der Waals surface area contributed by atoms with Crippen molar-refractivity contribution in [3.63, 3.8) is 0 Å². The maximum Gasteiger partial charge on any atom is 0.339 e. The van der Waals surface area contributed by atoms with Gasteiger partial charge in [-0.25, -0.2) is 4.79 Å². The molecule has 1 aliphatic rings. The lowest BCUT2D eigenvalue weighted by Gasteiger charge is -2.27. The van der Waals surface area contributed by atoms with Crippen LogP contribution in [0.5, 0.6) is 0 Å². The minimum absolute atomic E-state index is 0.166. The maximum absolute atomic E-state index is 12.6. The summed E-state index contributed by atoms with van der Waals surface area (Å²) in [6.07, 6.45) is 1.17. The lowest BCUT2D eigenvalue weighted by molar-refractivity contribution is 0.0303. The molecule has 2 rings (SSSR count). The first-order valence-corrected chi connectivity index (χ1v) is 7.47. The molecule has 25 heavy (non-hydrogen) atoms. The summed E-state index contributed by atoms with van der Waals surface area (Å²) in [5.41, 5.74) is 0.670. The molecule has 1 amide bonds. The number of esters is 1. The van der Waals surface area contributed by atoms with Crippen LogP contribution in [0.4, 0.5) is 5.69 Å². The molecule has 1 N–H and O–H groups in total. The lowest BCUT2D eigenvalue weighted by Crippen LogP contribution is -2.40. The van der Waals surface area contributed by atoms with Crippen molar-refractivity contribution < 1.29 is 19.1 Å². The van der Waals surface area contributed by atoms with Crippen molar-refractivity contribution in [1.29, 1.82) is 10.5 Å². The third kappa shape index (κ3) is 4.34. The van der Waals surface area contributed by atoms with E-state index in [9.17, 15) is 9.59 Å². The van der Waals surface area contributed by atoms with Crippen LogP contribution in [0.1, 0.15) is 20.7 Å². The second-order valence-electron chi connectivity index (χ2n) is 5.08. The highest BCUT2D eigenvalue weighted by Crippen LogP contribution is 2.21. The minimum Gasteiger partial charge on any atom is -0.465 e. The summed E-state index contributed by atoms with van der Waals surface area (Å²) in [5, 5.41) is 20.3. The SMILES string of the molecule is COC(=O)c1ccc(C(=O)N2CCOCC2)cc1NC=C(C#N)C#N. The van der Waals surface area contributed by atoms with Crippen molar-refractivity contribution in [3.8, 4) is 12.1 Å². The molecule has 0 saturated carbocycles. The van der Waals surface area contributed by atoms with Crippen LogP contribution in [0.3, 0.4) is 0 Å². The van der Waals surface area contributed by atoms with E-state index in [0.717, 1.165) is 0 Å². The Morgan fingerprint density at radius 1 is 1.28 bits per heavy atom. The number of hydrogen-bond donors (Lipinski definition) is 1. The second kappa shape index (κ2) is 8.48. The first-order chi connectivity index (χ1) is 12.1. The monoisotopic (exact) mass is 340 g/mol. The number of allylic oxidation sites excluding steroid dienone is 1. The second-order valence-corrected chi connectivity index (χ2v) is 5.08. The van der Waals surface area contributed by atoms with E-state index in [0.29, 0.717) is 31.9 Å². The molecule has 1 aliphatic heterocycles. The predicted octanol–water partition coefficient (Wildman–Crippen LogP) is 1.29. The number of nitriles is 2. The van der Waals surface area contributed by atoms with Crippen molar-refractivity contribution in [2.45, 2.75) is 0 Å². The molecular formula is C17H16N4O4. The summed E-state index contributed by atoms with van der Waals surface area (Å²) < 4.78 is 9.94. The Hall–Kier alpha value is -3.36. The number of morpholine rings is 1. The number of nitrogens with one attached hydrogen (secondary N) is 1. The van der Waals surface area contributed by atoms with Crippen LogP contribution in [0, 0.1) is 22.7 Å². The average molecular weight is 340 g/mol. The van der Waals surface area contributed by atoms with Gasteiger partial charge in [-0.1, -0.05) is 0 Å². The number of ether oxygens (including phenoxy) is 2. The van der Waals surface area contributed by atoms with E-state index < -0.39 is 5.97 Å². The molecule has 1 fully saturated rings. The molecule has 8 nitrogen and oxygen atoms in total. The number of nitrogens with zero attached hydrogens (tertiary/aromatic N) is 3. The molecule has 0 radical (unpaired) electrons. The summed E-state index contributed by atoms with van der Waals surface area (Å²) in [5.74, 6) is -0.788. The zero-order valence-corrected chi connectivity index (χ0v) is 13.6. The van der Waals surface area contributed by atoms with E-state index in [1.807, 2.05) is 0 Å². The lowest BCUT2D eigenvalue weighted by atomic mass is 10.1. The molecular weight excluding hydrogens is 324 g/mol. The van der Waals surface area contributed by atoms with Crippen molar-refractivity contribution in [2.24, 2.45) is 0 Å². The molecule has 0 atom stereocenters. The largest absolute Gasteiger partial charge is 0.465 e. The van der Waals surface area contributed by atoms with Gasteiger partial charge in [-0.05, 0) is 18.2 Å². The number of anilines is 1. The molecule has 1 aromatic carbocycles. The van der Waals surface area contributed by atoms with E-state index >= 15 is 0 Å². The molecule has 0 unspecified atom stereocenters. The fraction of sp³-hybridized carbons (Fsp3) is 0.294. The molecule has 8 heteroatoms. The van der Waals surface area contributed by atoms with Gasteiger partial charge in [0.25, 0.3) is 5.91 Å². The first-order valence-electron chi connectivity index (χ1n) is 7.47. The van der Waals surface area contributed by atoms with Crippen LogP contribution < -0.4 is 5.32 Å². The Labute approximate surface area is 144 Å². The van der Waals surface area contributed by atoms with Gasteiger partial charge in [-0.3, -0.25) is 4.79 Å². The third-order valence-corrected chi connectivity index (χ3v) is 3.58. The zero-order chi connectivity index (χ0) is 18.2. The van der Waals surface area contributed by atoms with Gasteiger partial charge in [0, 0.05) is 24.9 Å². The normalized spacial score (nSPS) is 13.2. The highest BCUT2D eigenvalue weighted by atomic mass is 16.5. The van der Waals surface area contributed by atoms with Crippen LogP contribution in [0.2, 0.25) is 0 Å². The molecule has 0 spiro atoms. The van der Waals surface area contributed by atoms with Crippen LogP contribution >= 0.6 is 0 Å². The Kier molecular flexibility index (Phi) is 6.10. The van der Waals surface area contributed by atoms with Gasteiger partial charge in [-0.15, -0.1) is 0 Å². The van der Waals surface area contributed by atoms with Crippen LogP contribution in [0.15, 0.2) is 30.0 Å². The van der Waals surface area contributed by atoms with E-state index in [1.165, 1.54) is 31.5 Å². The summed E-state index contributed by atoms with van der Waals surface area (Å²) in [6, 6.07) is 7.91. The van der Waals surface area contributed by atoms with Gasteiger partial charge in [-0.2, -0.15) is 10.5 Å². The number of methoxy groups -OCH3 is 1. The summed E-state index contributed by atoms with van der Waals surface area (Å²) >= 11 is 0. The standard InChI is InChI=1S/C17H16N4O4/c1-24-17(23)14-3-2-13(16(22)21-4-6-25-7-5-21)8-15(14)20-11-12(9-18)10-19/h2-3,8,11,20H,4-7H2,1H3. The number of carbonyl (C=O) groups excluding carboxylic acids is 2. The number of amides is 1. The summed E-state index contributed by atoms with van der Waals surface area (Å²) in [7, 11) is 1.24. The molecule has 0 bridgehead atoms. The molecule has 128 valence electrons. The van der Waals surface area contributed by atoms with E-state index in [-0.39, 0.29) is 22.7 Å². The van der Waals surface area contributed by atoms with Crippen molar-refractivity contribution in [2.75, 3.05) is 38.7 Å². The minimum atomic E-state index is -0.600. The average Bonchev–Trinajstić information content (AvgIpc) is 2.68. The number of benzene rings is 1. The Balaban J connectivity index is 2.34. The Bertz CT molecular complexity index is 767. The van der Waals surface area contributed by atoms with Crippen molar-refractivity contribution in [3.05, 3.63) is 41.1 Å². The van der Waals surface area contributed by atoms with E-state index in [2.05, 4.69) is 5.32 Å².